The van der Waals surface area contributed by atoms with E-state index in [0.717, 1.165) is 22.2 Å². The van der Waals surface area contributed by atoms with Gasteiger partial charge in [-0.05, 0) is 68.6 Å². The summed E-state index contributed by atoms with van der Waals surface area (Å²) >= 11 is 3.65. The van der Waals surface area contributed by atoms with Gasteiger partial charge in [0.25, 0.3) is 0 Å². The summed E-state index contributed by atoms with van der Waals surface area (Å²) in [4.78, 5) is 0. The molecule has 0 aliphatic carbocycles. The number of nitrogens with zero attached hydrogens (tertiary/aromatic N) is 1. The molecule has 0 atom stereocenters. The van der Waals surface area contributed by atoms with Crippen molar-refractivity contribution in [2.75, 3.05) is 0 Å². The Hall–Kier alpha value is -1.79. The Morgan fingerprint density at radius 2 is 1.64 bits per heavy atom. The van der Waals surface area contributed by atoms with Crippen LogP contribution >= 0.6 is 15.9 Å². The third kappa shape index (κ3) is 5.61. The van der Waals surface area contributed by atoms with Crippen molar-refractivity contribution >= 4 is 15.9 Å². The molecule has 2 rings (SSSR count). The predicted octanol–water partition coefficient (Wildman–Crippen LogP) is 6.61. The van der Waals surface area contributed by atoms with Crippen LogP contribution in [0.15, 0.2) is 46.9 Å². The van der Waals surface area contributed by atoms with E-state index < -0.39 is 0 Å². The highest BCUT2D eigenvalue weighted by molar-refractivity contribution is 9.10. The molecule has 0 aliphatic heterocycles. The molecule has 132 valence electrons. The fourth-order valence-electron chi connectivity index (χ4n) is 3.30. The molecule has 0 amide bonds. The lowest BCUT2D eigenvalue weighted by molar-refractivity contribution is 0.283. The highest BCUT2D eigenvalue weighted by atomic mass is 79.9. The molecule has 0 radical (unpaired) electrons. The van der Waals surface area contributed by atoms with Gasteiger partial charge in [0.15, 0.2) is 0 Å². The van der Waals surface area contributed by atoms with Crippen LogP contribution in [-0.4, -0.2) is 0 Å². The van der Waals surface area contributed by atoms with Crippen LogP contribution < -0.4 is 4.74 Å². The zero-order valence-corrected chi connectivity index (χ0v) is 17.3. The minimum atomic E-state index is 0.104. The normalized spacial score (nSPS) is 11.9. The number of rotatable bonds is 5. The fraction of sp³-hybridized carbons (Fsp3) is 0.409. The van der Waals surface area contributed by atoms with Crippen LogP contribution in [0.3, 0.4) is 0 Å². The van der Waals surface area contributed by atoms with Gasteiger partial charge in [-0.25, -0.2) is 0 Å². The van der Waals surface area contributed by atoms with Gasteiger partial charge in [0.1, 0.15) is 12.4 Å². The predicted molar refractivity (Wildman–Crippen MR) is 107 cm³/mol. The Morgan fingerprint density at radius 3 is 2.16 bits per heavy atom. The summed E-state index contributed by atoms with van der Waals surface area (Å²) in [5.74, 6) is 0.833. The summed E-state index contributed by atoms with van der Waals surface area (Å²) < 4.78 is 6.91. The standard InChI is InChI=1S/C22H26BrNO/c1-21(2,3)15-22(4,5)18-10-11-20(19(23)12-18)25-14-17-8-6-16(13-24)7-9-17/h6-12H,14-15H2,1-5H3. The number of benzene rings is 2. The number of nitriles is 1. The second-order valence-electron chi connectivity index (χ2n) is 8.36. The van der Waals surface area contributed by atoms with Crippen LogP contribution in [-0.2, 0) is 12.0 Å². The van der Waals surface area contributed by atoms with Gasteiger partial charge in [-0.2, -0.15) is 5.26 Å². The Labute approximate surface area is 160 Å². The molecule has 0 heterocycles. The first kappa shape index (κ1) is 19.5. The number of hydrogen-bond acceptors (Lipinski definition) is 2. The van der Waals surface area contributed by atoms with E-state index in [1.165, 1.54) is 5.56 Å². The van der Waals surface area contributed by atoms with Crippen LogP contribution in [0.1, 0.15) is 57.7 Å². The van der Waals surface area contributed by atoms with Crippen molar-refractivity contribution in [3.05, 3.63) is 63.6 Å². The number of hydrogen-bond donors (Lipinski definition) is 0. The third-order valence-corrected chi connectivity index (χ3v) is 4.78. The summed E-state index contributed by atoms with van der Waals surface area (Å²) in [7, 11) is 0. The van der Waals surface area contributed by atoms with E-state index in [1.54, 1.807) is 0 Å². The molecule has 0 N–H and O–H groups in total. The first-order valence-electron chi connectivity index (χ1n) is 8.53. The van der Waals surface area contributed by atoms with Crippen molar-refractivity contribution in [2.45, 2.75) is 53.1 Å². The van der Waals surface area contributed by atoms with E-state index in [2.05, 4.69) is 68.8 Å². The van der Waals surface area contributed by atoms with E-state index in [0.29, 0.717) is 12.2 Å². The van der Waals surface area contributed by atoms with E-state index in [4.69, 9.17) is 10.00 Å². The van der Waals surface area contributed by atoms with Gasteiger partial charge in [0, 0.05) is 0 Å². The fourth-order valence-corrected chi connectivity index (χ4v) is 3.80. The Bertz CT molecular complexity index is 764. The SMILES string of the molecule is CC(C)(C)CC(C)(C)c1ccc(OCc2ccc(C#N)cc2)c(Br)c1. The molecule has 2 aromatic rings. The zero-order valence-electron chi connectivity index (χ0n) is 15.7. The van der Waals surface area contributed by atoms with Crippen LogP contribution in [0.5, 0.6) is 5.75 Å². The molecule has 0 bridgehead atoms. The molecular weight excluding hydrogens is 374 g/mol. The molecule has 0 fully saturated rings. The van der Waals surface area contributed by atoms with Gasteiger partial charge in [-0.15, -0.1) is 0 Å². The summed E-state index contributed by atoms with van der Waals surface area (Å²) in [6.45, 7) is 11.9. The first-order valence-corrected chi connectivity index (χ1v) is 9.32. The molecule has 2 aromatic carbocycles. The van der Waals surface area contributed by atoms with E-state index in [-0.39, 0.29) is 10.8 Å². The third-order valence-electron chi connectivity index (χ3n) is 4.16. The lowest BCUT2D eigenvalue weighted by atomic mass is 9.72. The maximum Gasteiger partial charge on any atom is 0.134 e. The summed E-state index contributed by atoms with van der Waals surface area (Å²) in [6, 6.07) is 16.0. The molecule has 3 heteroatoms. The highest BCUT2D eigenvalue weighted by Crippen LogP contribution is 2.39. The monoisotopic (exact) mass is 399 g/mol. The van der Waals surface area contributed by atoms with Gasteiger partial charge in [-0.3, -0.25) is 0 Å². The van der Waals surface area contributed by atoms with Crippen molar-refractivity contribution in [3.63, 3.8) is 0 Å². The lowest BCUT2D eigenvalue weighted by Crippen LogP contribution is -2.24. The number of ether oxygens (including phenoxy) is 1. The zero-order chi connectivity index (χ0) is 18.7. The molecule has 25 heavy (non-hydrogen) atoms. The molecule has 0 saturated heterocycles. The highest BCUT2D eigenvalue weighted by Gasteiger charge is 2.27. The van der Waals surface area contributed by atoms with Crippen molar-refractivity contribution in [1.82, 2.24) is 0 Å². The van der Waals surface area contributed by atoms with Crippen molar-refractivity contribution in [3.8, 4) is 11.8 Å². The Morgan fingerprint density at radius 1 is 1.00 bits per heavy atom. The lowest BCUT2D eigenvalue weighted by Gasteiger charge is -2.33. The van der Waals surface area contributed by atoms with Gasteiger partial charge in [-0.1, -0.05) is 52.8 Å². The van der Waals surface area contributed by atoms with Crippen LogP contribution in [0, 0.1) is 16.7 Å². The second-order valence-corrected chi connectivity index (χ2v) is 9.22. The molecule has 0 saturated carbocycles. The first-order chi connectivity index (χ1) is 11.6. The van der Waals surface area contributed by atoms with Gasteiger partial charge >= 0.3 is 0 Å². The van der Waals surface area contributed by atoms with Crippen molar-refractivity contribution in [1.29, 1.82) is 5.26 Å². The molecule has 0 aliphatic rings. The average Bonchev–Trinajstić information content (AvgIpc) is 2.52. The topological polar surface area (TPSA) is 33.0 Å². The molecule has 0 unspecified atom stereocenters. The van der Waals surface area contributed by atoms with Crippen molar-refractivity contribution in [2.24, 2.45) is 5.41 Å². The summed E-state index contributed by atoms with van der Waals surface area (Å²) in [6.07, 6.45) is 1.11. The van der Waals surface area contributed by atoms with Gasteiger partial charge in [0.2, 0.25) is 0 Å². The van der Waals surface area contributed by atoms with Crippen LogP contribution in [0.2, 0.25) is 0 Å². The number of halogens is 1. The Balaban J connectivity index is 2.09. The molecule has 2 nitrogen and oxygen atoms in total. The largest absolute Gasteiger partial charge is 0.488 e. The Kier molecular flexibility index (Phi) is 5.95. The summed E-state index contributed by atoms with van der Waals surface area (Å²) in [5, 5.41) is 8.85. The smallest absolute Gasteiger partial charge is 0.134 e. The maximum atomic E-state index is 8.85. The van der Waals surface area contributed by atoms with Crippen LogP contribution in [0.25, 0.3) is 0 Å². The van der Waals surface area contributed by atoms with Crippen molar-refractivity contribution < 1.29 is 4.74 Å². The van der Waals surface area contributed by atoms with E-state index in [1.807, 2.05) is 30.3 Å². The van der Waals surface area contributed by atoms with E-state index in [9.17, 15) is 0 Å². The second kappa shape index (κ2) is 7.62. The van der Waals surface area contributed by atoms with Crippen LogP contribution in [0.4, 0.5) is 0 Å². The minimum Gasteiger partial charge on any atom is -0.488 e. The average molecular weight is 400 g/mol. The molecule has 0 spiro atoms. The quantitative estimate of drug-likeness (QED) is 0.566. The van der Waals surface area contributed by atoms with Gasteiger partial charge in [0.05, 0.1) is 16.1 Å². The minimum absolute atomic E-state index is 0.104. The maximum absolute atomic E-state index is 8.85. The van der Waals surface area contributed by atoms with E-state index >= 15 is 0 Å². The van der Waals surface area contributed by atoms with Gasteiger partial charge < -0.3 is 4.74 Å². The molecule has 0 aromatic heterocycles. The summed E-state index contributed by atoms with van der Waals surface area (Å²) in [5.41, 5.74) is 3.39. The molecular formula is C22H26BrNO.